The van der Waals surface area contributed by atoms with E-state index in [1.807, 2.05) is 12.1 Å². The van der Waals surface area contributed by atoms with Crippen molar-refractivity contribution < 1.29 is 4.92 Å². The van der Waals surface area contributed by atoms with E-state index in [0.717, 1.165) is 37.0 Å². The van der Waals surface area contributed by atoms with Crippen LogP contribution in [-0.2, 0) is 0 Å². The highest BCUT2D eigenvalue weighted by Crippen LogP contribution is 2.29. The monoisotopic (exact) mass is 286 g/mol. The molecule has 0 aliphatic carbocycles. The number of aromatic nitrogens is 1. The minimum atomic E-state index is -0.380. The van der Waals surface area contributed by atoms with Gasteiger partial charge in [-0.15, -0.1) is 0 Å². The number of likely N-dealkylation sites (tertiary alicyclic amines) is 1. The Hall–Kier alpha value is -2.21. The van der Waals surface area contributed by atoms with Crippen molar-refractivity contribution >= 4 is 22.3 Å². The number of nitrogens with one attached hydrogen (secondary N) is 1. The Bertz CT molecular complexity index is 666. The van der Waals surface area contributed by atoms with Gasteiger partial charge in [-0.2, -0.15) is 0 Å². The van der Waals surface area contributed by atoms with Gasteiger partial charge in [-0.1, -0.05) is 12.1 Å². The molecular weight excluding hydrogens is 268 g/mol. The van der Waals surface area contributed by atoms with Gasteiger partial charge in [0.25, 0.3) is 5.69 Å². The van der Waals surface area contributed by atoms with Crippen molar-refractivity contribution in [1.82, 2.24) is 9.88 Å². The minimum Gasteiger partial charge on any atom is -0.382 e. The van der Waals surface area contributed by atoms with Crippen LogP contribution in [0.4, 0.5) is 11.4 Å². The van der Waals surface area contributed by atoms with Crippen LogP contribution in [0.5, 0.6) is 0 Å². The van der Waals surface area contributed by atoms with Gasteiger partial charge in [0.2, 0.25) is 0 Å². The molecule has 1 aliphatic heterocycles. The Morgan fingerprint density at radius 3 is 2.81 bits per heavy atom. The van der Waals surface area contributed by atoms with E-state index in [-0.39, 0.29) is 10.6 Å². The highest BCUT2D eigenvalue weighted by Gasteiger charge is 2.19. The van der Waals surface area contributed by atoms with E-state index >= 15 is 0 Å². The lowest BCUT2D eigenvalue weighted by molar-refractivity contribution is -0.383. The van der Waals surface area contributed by atoms with Gasteiger partial charge < -0.3 is 10.2 Å². The maximum Gasteiger partial charge on any atom is 0.295 e. The number of para-hydroxylation sites is 1. The summed E-state index contributed by atoms with van der Waals surface area (Å²) in [6.07, 6.45) is 3.79. The van der Waals surface area contributed by atoms with Gasteiger partial charge in [-0.25, -0.2) is 4.98 Å². The summed E-state index contributed by atoms with van der Waals surface area (Å²) in [4.78, 5) is 17.2. The first-order valence-corrected chi connectivity index (χ1v) is 7.12. The molecule has 0 bridgehead atoms. The summed E-state index contributed by atoms with van der Waals surface area (Å²) >= 11 is 0. The van der Waals surface area contributed by atoms with Crippen LogP contribution in [0.25, 0.3) is 10.9 Å². The number of benzene rings is 1. The van der Waals surface area contributed by atoms with Crippen LogP contribution < -0.4 is 5.32 Å². The van der Waals surface area contributed by atoms with E-state index in [1.54, 1.807) is 12.3 Å². The third kappa shape index (κ3) is 2.80. The van der Waals surface area contributed by atoms with Gasteiger partial charge in [0.15, 0.2) is 0 Å². The first kappa shape index (κ1) is 13.8. The van der Waals surface area contributed by atoms with Crippen molar-refractivity contribution in [2.45, 2.75) is 18.9 Å². The summed E-state index contributed by atoms with van der Waals surface area (Å²) in [5, 5.41) is 15.4. The number of nitrogens with zero attached hydrogens (tertiary/aromatic N) is 3. The van der Waals surface area contributed by atoms with Crippen LogP contribution in [0.3, 0.4) is 0 Å². The number of hydrogen-bond acceptors (Lipinski definition) is 5. The van der Waals surface area contributed by atoms with Crippen molar-refractivity contribution in [3.63, 3.8) is 0 Å². The predicted octanol–water partition coefficient (Wildman–Crippen LogP) is 2.65. The van der Waals surface area contributed by atoms with E-state index in [2.05, 4.69) is 22.2 Å². The molecule has 6 nitrogen and oxygen atoms in total. The molecule has 1 aromatic carbocycles. The number of hydrogen-bond donors (Lipinski definition) is 1. The van der Waals surface area contributed by atoms with E-state index in [9.17, 15) is 10.1 Å². The van der Waals surface area contributed by atoms with Crippen LogP contribution in [-0.4, -0.2) is 41.0 Å². The number of rotatable bonds is 3. The zero-order valence-electron chi connectivity index (χ0n) is 12.0. The number of fused-ring (bicyclic) bond motifs is 1. The van der Waals surface area contributed by atoms with Crippen LogP contribution in [0.1, 0.15) is 12.8 Å². The zero-order chi connectivity index (χ0) is 14.8. The van der Waals surface area contributed by atoms with E-state index in [1.165, 1.54) is 6.07 Å². The Labute approximate surface area is 122 Å². The molecule has 0 spiro atoms. The number of nitro groups is 1. The highest BCUT2D eigenvalue weighted by molar-refractivity contribution is 5.96. The SMILES string of the molecule is CN1CCC(Nc2ccnc3c([N+](=O)[O-])cccc23)CC1. The van der Waals surface area contributed by atoms with Gasteiger partial charge in [0.05, 0.1) is 4.92 Å². The molecule has 1 fully saturated rings. The van der Waals surface area contributed by atoms with Gasteiger partial charge >= 0.3 is 0 Å². The second-order valence-electron chi connectivity index (χ2n) is 5.51. The molecule has 0 radical (unpaired) electrons. The molecule has 0 amide bonds. The molecule has 1 N–H and O–H groups in total. The lowest BCUT2D eigenvalue weighted by Crippen LogP contribution is -2.36. The molecule has 0 saturated carbocycles. The van der Waals surface area contributed by atoms with Crippen LogP contribution in [0.15, 0.2) is 30.5 Å². The first-order chi connectivity index (χ1) is 10.1. The Balaban J connectivity index is 1.92. The van der Waals surface area contributed by atoms with E-state index < -0.39 is 0 Å². The number of nitro benzene ring substituents is 1. The standard InChI is InChI=1S/C15H18N4O2/c1-18-9-6-11(7-10-18)17-13-5-8-16-15-12(13)3-2-4-14(15)19(20)21/h2-5,8,11H,6-7,9-10H2,1H3,(H,16,17). The largest absolute Gasteiger partial charge is 0.382 e. The molecule has 1 aromatic heterocycles. The summed E-state index contributed by atoms with van der Waals surface area (Å²) in [7, 11) is 2.13. The average Bonchev–Trinajstić information content (AvgIpc) is 2.49. The number of anilines is 1. The molecule has 1 saturated heterocycles. The molecule has 2 heterocycles. The topological polar surface area (TPSA) is 71.3 Å². The Kier molecular flexibility index (Phi) is 3.70. The Morgan fingerprint density at radius 1 is 1.33 bits per heavy atom. The quantitative estimate of drug-likeness (QED) is 0.693. The normalized spacial score (nSPS) is 17.0. The number of piperidine rings is 1. The van der Waals surface area contributed by atoms with Gasteiger partial charge in [-0.05, 0) is 39.0 Å². The van der Waals surface area contributed by atoms with Crippen LogP contribution in [0, 0.1) is 10.1 Å². The van der Waals surface area contributed by atoms with Crippen molar-refractivity contribution in [2.75, 3.05) is 25.5 Å². The van der Waals surface area contributed by atoms with E-state index in [4.69, 9.17) is 0 Å². The highest BCUT2D eigenvalue weighted by atomic mass is 16.6. The average molecular weight is 286 g/mol. The summed E-state index contributed by atoms with van der Waals surface area (Å²) in [5.41, 5.74) is 1.43. The fraction of sp³-hybridized carbons (Fsp3) is 0.400. The molecule has 6 heteroatoms. The summed E-state index contributed by atoms with van der Waals surface area (Å²) < 4.78 is 0. The molecular formula is C15H18N4O2. The first-order valence-electron chi connectivity index (χ1n) is 7.12. The third-order valence-electron chi connectivity index (χ3n) is 4.02. The zero-order valence-corrected chi connectivity index (χ0v) is 12.0. The summed E-state index contributed by atoms with van der Waals surface area (Å²) in [5.74, 6) is 0. The maximum absolute atomic E-state index is 11.1. The second-order valence-corrected chi connectivity index (χ2v) is 5.51. The van der Waals surface area contributed by atoms with E-state index in [0.29, 0.717) is 11.6 Å². The molecule has 2 aromatic rings. The lowest BCUT2D eigenvalue weighted by Gasteiger charge is -2.30. The van der Waals surface area contributed by atoms with Crippen molar-refractivity contribution in [2.24, 2.45) is 0 Å². The van der Waals surface area contributed by atoms with Gasteiger partial charge in [0.1, 0.15) is 5.52 Å². The van der Waals surface area contributed by atoms with Crippen LogP contribution in [0.2, 0.25) is 0 Å². The Morgan fingerprint density at radius 2 is 2.10 bits per heavy atom. The fourth-order valence-corrected chi connectivity index (χ4v) is 2.81. The van der Waals surface area contributed by atoms with Gasteiger partial charge in [-0.3, -0.25) is 10.1 Å². The number of pyridine rings is 1. The van der Waals surface area contributed by atoms with Crippen LogP contribution >= 0.6 is 0 Å². The molecule has 110 valence electrons. The van der Waals surface area contributed by atoms with Gasteiger partial charge in [0, 0.05) is 29.4 Å². The maximum atomic E-state index is 11.1. The minimum absolute atomic E-state index is 0.0551. The van der Waals surface area contributed by atoms with Crippen molar-refractivity contribution in [1.29, 1.82) is 0 Å². The molecule has 0 unspecified atom stereocenters. The third-order valence-corrected chi connectivity index (χ3v) is 4.02. The molecule has 3 rings (SSSR count). The second kappa shape index (κ2) is 5.65. The predicted molar refractivity (Wildman–Crippen MR) is 82.5 cm³/mol. The van der Waals surface area contributed by atoms with Crippen molar-refractivity contribution in [3.8, 4) is 0 Å². The lowest BCUT2D eigenvalue weighted by atomic mass is 10.0. The molecule has 21 heavy (non-hydrogen) atoms. The van der Waals surface area contributed by atoms with Crippen molar-refractivity contribution in [3.05, 3.63) is 40.6 Å². The summed E-state index contributed by atoms with van der Waals surface area (Å²) in [6.45, 7) is 2.14. The smallest absolute Gasteiger partial charge is 0.295 e. The number of non-ortho nitro benzene ring substituents is 1. The molecule has 0 atom stereocenters. The fourth-order valence-electron chi connectivity index (χ4n) is 2.81. The molecule has 1 aliphatic rings. The summed E-state index contributed by atoms with van der Waals surface area (Å²) in [6, 6.07) is 7.39.